The zero-order valence-electron chi connectivity index (χ0n) is 15.2. The molecule has 1 aliphatic heterocycles. The Morgan fingerprint density at radius 2 is 1.92 bits per heavy atom. The average molecular weight is 351 g/mol. The van der Waals surface area contributed by atoms with Crippen LogP contribution in [0.15, 0.2) is 18.2 Å². The molecular formula is C19H29NO5. The molecule has 2 rings (SSSR count). The van der Waals surface area contributed by atoms with Gasteiger partial charge in [0.15, 0.2) is 0 Å². The molecule has 1 aliphatic rings. The van der Waals surface area contributed by atoms with E-state index in [1.807, 2.05) is 6.92 Å². The summed E-state index contributed by atoms with van der Waals surface area (Å²) in [4.78, 5) is 13.7. The second-order valence-corrected chi connectivity index (χ2v) is 6.33. The number of unbranched alkanes of at least 4 members (excludes halogenated alkanes) is 1. The van der Waals surface area contributed by atoms with Crippen molar-refractivity contribution in [1.82, 2.24) is 4.90 Å². The van der Waals surface area contributed by atoms with Crippen molar-refractivity contribution in [3.8, 4) is 11.5 Å². The topological polar surface area (TPSA) is 68.2 Å². The Bertz CT molecular complexity index is 543. The van der Waals surface area contributed by atoms with Crippen LogP contribution in [0.2, 0.25) is 0 Å². The minimum atomic E-state index is -0.998. The number of carbonyl (C=O) groups is 1. The number of ether oxygens (including phenoxy) is 3. The van der Waals surface area contributed by atoms with Crippen LogP contribution in [-0.2, 0) is 4.74 Å². The van der Waals surface area contributed by atoms with Gasteiger partial charge in [-0.25, -0.2) is 4.79 Å². The van der Waals surface area contributed by atoms with Gasteiger partial charge in [0, 0.05) is 32.9 Å². The molecule has 0 saturated carbocycles. The standard InChI is InChI=1S/C19H29NO5/c1-15(20-10-4-3-5-11-20)25-16-8-9-17(19(21)22)18(14-16)24-13-7-6-12-23-2/h8-9,14-15H,3-7,10-13H2,1-2H3,(H,21,22). The van der Waals surface area contributed by atoms with Gasteiger partial charge in [0.2, 0.25) is 0 Å². The number of piperidine rings is 1. The van der Waals surface area contributed by atoms with Crippen LogP contribution in [0.5, 0.6) is 11.5 Å². The summed E-state index contributed by atoms with van der Waals surface area (Å²) in [7, 11) is 1.66. The Balaban J connectivity index is 1.98. The van der Waals surface area contributed by atoms with Crippen LogP contribution in [0.3, 0.4) is 0 Å². The Labute approximate surface area is 149 Å². The van der Waals surface area contributed by atoms with Gasteiger partial charge in [-0.2, -0.15) is 0 Å². The highest BCUT2D eigenvalue weighted by atomic mass is 16.5. The number of aromatic carboxylic acids is 1. The summed E-state index contributed by atoms with van der Waals surface area (Å²) in [5.74, 6) is -0.00857. The van der Waals surface area contributed by atoms with Gasteiger partial charge < -0.3 is 19.3 Å². The molecule has 0 amide bonds. The summed E-state index contributed by atoms with van der Waals surface area (Å²) in [6, 6.07) is 4.92. The predicted octanol–water partition coefficient (Wildman–Crippen LogP) is 3.40. The molecule has 1 fully saturated rings. The first-order valence-corrected chi connectivity index (χ1v) is 9.01. The van der Waals surface area contributed by atoms with Gasteiger partial charge in [-0.15, -0.1) is 0 Å². The summed E-state index contributed by atoms with van der Waals surface area (Å²) < 4.78 is 16.7. The predicted molar refractivity (Wildman–Crippen MR) is 95.5 cm³/mol. The van der Waals surface area contributed by atoms with Gasteiger partial charge in [0.05, 0.1) is 6.61 Å². The fourth-order valence-corrected chi connectivity index (χ4v) is 2.96. The average Bonchev–Trinajstić information content (AvgIpc) is 2.62. The van der Waals surface area contributed by atoms with Crippen LogP contribution in [0.4, 0.5) is 0 Å². The van der Waals surface area contributed by atoms with Crippen LogP contribution < -0.4 is 9.47 Å². The lowest BCUT2D eigenvalue weighted by atomic mass is 10.1. The first kappa shape index (κ1) is 19.5. The van der Waals surface area contributed by atoms with E-state index in [1.54, 1.807) is 25.3 Å². The van der Waals surface area contributed by atoms with Gasteiger partial charge in [-0.05, 0) is 44.7 Å². The number of likely N-dealkylation sites (tertiary alicyclic amines) is 1. The lowest BCUT2D eigenvalue weighted by Crippen LogP contribution is -2.40. The lowest BCUT2D eigenvalue weighted by Gasteiger charge is -2.32. The van der Waals surface area contributed by atoms with Crippen LogP contribution in [0.25, 0.3) is 0 Å². The molecule has 0 radical (unpaired) electrons. The van der Waals surface area contributed by atoms with Crippen molar-refractivity contribution in [3.05, 3.63) is 23.8 Å². The summed E-state index contributed by atoms with van der Waals surface area (Å²) in [5, 5.41) is 9.33. The van der Waals surface area contributed by atoms with E-state index in [0.29, 0.717) is 24.7 Å². The van der Waals surface area contributed by atoms with Crippen molar-refractivity contribution in [1.29, 1.82) is 0 Å². The molecule has 0 spiro atoms. The zero-order valence-corrected chi connectivity index (χ0v) is 15.2. The van der Waals surface area contributed by atoms with E-state index in [4.69, 9.17) is 14.2 Å². The van der Waals surface area contributed by atoms with Crippen molar-refractivity contribution in [2.24, 2.45) is 0 Å². The minimum absolute atomic E-state index is 0.0365. The van der Waals surface area contributed by atoms with E-state index < -0.39 is 5.97 Å². The highest BCUT2D eigenvalue weighted by Crippen LogP contribution is 2.27. The number of carboxylic acid groups (broad SMARTS) is 1. The quantitative estimate of drug-likeness (QED) is 0.652. The smallest absolute Gasteiger partial charge is 0.339 e. The number of rotatable bonds is 10. The number of hydrogen-bond donors (Lipinski definition) is 1. The van der Waals surface area contributed by atoms with Crippen molar-refractivity contribution >= 4 is 5.97 Å². The van der Waals surface area contributed by atoms with Crippen LogP contribution in [-0.4, -0.2) is 55.6 Å². The molecular weight excluding hydrogens is 322 g/mol. The molecule has 1 aromatic rings. The summed E-state index contributed by atoms with van der Waals surface area (Å²) in [6.45, 7) is 5.23. The second-order valence-electron chi connectivity index (χ2n) is 6.33. The Morgan fingerprint density at radius 3 is 2.60 bits per heavy atom. The molecule has 6 heteroatoms. The van der Waals surface area contributed by atoms with Crippen LogP contribution in [0.1, 0.15) is 49.4 Å². The Kier molecular flexibility index (Phi) is 8.01. The van der Waals surface area contributed by atoms with E-state index in [-0.39, 0.29) is 11.8 Å². The fourth-order valence-electron chi connectivity index (χ4n) is 2.96. The van der Waals surface area contributed by atoms with Crippen molar-refractivity contribution < 1.29 is 24.1 Å². The second kappa shape index (κ2) is 10.3. The van der Waals surface area contributed by atoms with Gasteiger partial charge in [-0.3, -0.25) is 4.90 Å². The normalized spacial score (nSPS) is 16.4. The number of carboxylic acids is 1. The molecule has 1 N–H and O–H groups in total. The molecule has 0 aromatic heterocycles. The third-order valence-corrected chi connectivity index (χ3v) is 4.40. The highest BCUT2D eigenvalue weighted by Gasteiger charge is 2.19. The van der Waals surface area contributed by atoms with E-state index in [9.17, 15) is 9.90 Å². The maximum atomic E-state index is 11.4. The molecule has 0 aliphatic carbocycles. The number of benzene rings is 1. The Morgan fingerprint density at radius 1 is 1.20 bits per heavy atom. The third kappa shape index (κ3) is 6.21. The van der Waals surface area contributed by atoms with Crippen molar-refractivity contribution in [3.63, 3.8) is 0 Å². The molecule has 6 nitrogen and oxygen atoms in total. The van der Waals surface area contributed by atoms with Crippen LogP contribution in [0, 0.1) is 0 Å². The van der Waals surface area contributed by atoms with Gasteiger partial charge in [0.1, 0.15) is 23.3 Å². The van der Waals surface area contributed by atoms with Crippen molar-refractivity contribution in [2.75, 3.05) is 33.4 Å². The van der Waals surface area contributed by atoms with Gasteiger partial charge in [-0.1, -0.05) is 6.42 Å². The molecule has 1 unspecified atom stereocenters. The van der Waals surface area contributed by atoms with E-state index in [0.717, 1.165) is 25.9 Å². The fraction of sp³-hybridized carbons (Fsp3) is 0.632. The van der Waals surface area contributed by atoms with Gasteiger partial charge >= 0.3 is 5.97 Å². The number of nitrogens with zero attached hydrogens (tertiary/aromatic N) is 1. The number of methoxy groups -OCH3 is 1. The summed E-state index contributed by atoms with van der Waals surface area (Å²) in [5.41, 5.74) is 0.157. The maximum absolute atomic E-state index is 11.4. The molecule has 0 bridgehead atoms. The first-order chi connectivity index (χ1) is 12.1. The zero-order chi connectivity index (χ0) is 18.1. The highest BCUT2D eigenvalue weighted by molar-refractivity contribution is 5.91. The largest absolute Gasteiger partial charge is 0.493 e. The maximum Gasteiger partial charge on any atom is 0.339 e. The molecule has 140 valence electrons. The third-order valence-electron chi connectivity index (χ3n) is 4.40. The molecule has 1 saturated heterocycles. The lowest BCUT2D eigenvalue weighted by molar-refractivity contribution is 0.0260. The molecule has 1 atom stereocenters. The van der Waals surface area contributed by atoms with E-state index in [1.165, 1.54) is 19.3 Å². The van der Waals surface area contributed by atoms with E-state index >= 15 is 0 Å². The van der Waals surface area contributed by atoms with Crippen molar-refractivity contribution in [2.45, 2.75) is 45.3 Å². The summed E-state index contributed by atoms with van der Waals surface area (Å²) >= 11 is 0. The minimum Gasteiger partial charge on any atom is -0.493 e. The molecule has 1 heterocycles. The molecule has 1 aromatic carbocycles. The molecule has 25 heavy (non-hydrogen) atoms. The van der Waals surface area contributed by atoms with Crippen LogP contribution >= 0.6 is 0 Å². The van der Waals surface area contributed by atoms with Gasteiger partial charge in [0.25, 0.3) is 0 Å². The van der Waals surface area contributed by atoms with E-state index in [2.05, 4.69) is 4.90 Å². The monoisotopic (exact) mass is 351 g/mol. The first-order valence-electron chi connectivity index (χ1n) is 9.01. The SMILES string of the molecule is COCCCCOc1cc(OC(C)N2CCCCC2)ccc1C(=O)O. The Hall–Kier alpha value is -1.79. The number of hydrogen-bond acceptors (Lipinski definition) is 5. The summed E-state index contributed by atoms with van der Waals surface area (Å²) in [6.07, 6.45) is 5.31.